The number of hydrogen-bond donors (Lipinski definition) is 0. The van der Waals surface area contributed by atoms with Crippen molar-refractivity contribution in [1.82, 2.24) is 4.90 Å². The Labute approximate surface area is 68.6 Å². The summed E-state index contributed by atoms with van der Waals surface area (Å²) in [6.07, 6.45) is 4.54. The van der Waals surface area contributed by atoms with Crippen LogP contribution in [0.25, 0.3) is 0 Å². The second kappa shape index (κ2) is 3.24. The van der Waals surface area contributed by atoms with Gasteiger partial charge >= 0.3 is 0 Å². The van der Waals surface area contributed by atoms with Gasteiger partial charge in [-0.05, 0) is 18.3 Å². The van der Waals surface area contributed by atoms with Gasteiger partial charge in [0.05, 0.1) is 0 Å². The number of carbonyl (C=O) groups is 1. The lowest BCUT2D eigenvalue weighted by molar-refractivity contribution is -0.120. The number of hydrogen-bond acceptors (Lipinski definition) is 1. The highest BCUT2D eigenvalue weighted by molar-refractivity contribution is 5.47. The largest absolute Gasteiger partial charge is 0.345 e. The number of likely N-dealkylation sites (tertiary alicyclic amines) is 1. The minimum atomic E-state index is 0.500. The quantitative estimate of drug-likeness (QED) is 0.555. The first-order chi connectivity index (χ1) is 5.20. The summed E-state index contributed by atoms with van der Waals surface area (Å²) in [5, 5.41) is 0. The molecule has 1 rings (SSSR count). The zero-order chi connectivity index (χ0) is 8.32. The Bertz CT molecular complexity index is 136. The summed E-state index contributed by atoms with van der Waals surface area (Å²) in [6.45, 7) is 6.45. The van der Waals surface area contributed by atoms with Gasteiger partial charge in [-0.2, -0.15) is 0 Å². The molecule has 0 N–H and O–H groups in total. The van der Waals surface area contributed by atoms with E-state index < -0.39 is 0 Å². The fourth-order valence-electron chi connectivity index (χ4n) is 1.52. The van der Waals surface area contributed by atoms with Gasteiger partial charge < -0.3 is 4.90 Å². The predicted octanol–water partition coefficient (Wildman–Crippen LogP) is 1.65. The third-order valence-electron chi connectivity index (χ3n) is 3.01. The fraction of sp³-hybridized carbons (Fsp3) is 0.889. The molecular weight excluding hydrogens is 138 g/mol. The van der Waals surface area contributed by atoms with Crippen LogP contribution in [0.3, 0.4) is 0 Å². The van der Waals surface area contributed by atoms with E-state index in [1.807, 2.05) is 4.90 Å². The zero-order valence-electron chi connectivity index (χ0n) is 7.47. The van der Waals surface area contributed by atoms with E-state index >= 15 is 0 Å². The lowest BCUT2D eigenvalue weighted by Crippen LogP contribution is -2.37. The second-order valence-electron chi connectivity index (χ2n) is 3.81. The predicted molar refractivity (Wildman–Crippen MR) is 45.3 cm³/mol. The van der Waals surface area contributed by atoms with Crippen molar-refractivity contribution in [3.63, 3.8) is 0 Å². The van der Waals surface area contributed by atoms with E-state index in [0.717, 1.165) is 19.5 Å². The van der Waals surface area contributed by atoms with Crippen LogP contribution in [0, 0.1) is 5.41 Å². The zero-order valence-corrected chi connectivity index (χ0v) is 7.47. The summed E-state index contributed by atoms with van der Waals surface area (Å²) in [5.74, 6) is 0. The van der Waals surface area contributed by atoms with Gasteiger partial charge in [0.15, 0.2) is 0 Å². The molecule has 0 saturated carbocycles. The van der Waals surface area contributed by atoms with Gasteiger partial charge in [0.2, 0.25) is 6.41 Å². The molecule has 0 aromatic rings. The molecule has 1 aliphatic rings. The van der Waals surface area contributed by atoms with Gasteiger partial charge in [0.1, 0.15) is 0 Å². The van der Waals surface area contributed by atoms with E-state index in [2.05, 4.69) is 13.8 Å². The first-order valence-electron chi connectivity index (χ1n) is 4.39. The van der Waals surface area contributed by atoms with Crippen molar-refractivity contribution >= 4 is 6.41 Å². The third kappa shape index (κ3) is 1.95. The van der Waals surface area contributed by atoms with Gasteiger partial charge in [-0.1, -0.05) is 20.3 Å². The molecular formula is C9H17NO. The molecule has 1 saturated heterocycles. The van der Waals surface area contributed by atoms with Crippen LogP contribution >= 0.6 is 0 Å². The molecule has 1 heterocycles. The summed E-state index contributed by atoms with van der Waals surface area (Å²) in [7, 11) is 0. The normalized spacial score (nSPS) is 23.3. The summed E-state index contributed by atoms with van der Waals surface area (Å²) in [4.78, 5) is 12.3. The Morgan fingerprint density at radius 1 is 1.45 bits per heavy atom. The Balaban J connectivity index is 2.40. The molecule has 2 heteroatoms. The molecule has 0 bridgehead atoms. The van der Waals surface area contributed by atoms with E-state index in [9.17, 15) is 4.79 Å². The van der Waals surface area contributed by atoms with E-state index in [4.69, 9.17) is 0 Å². The van der Waals surface area contributed by atoms with Crippen LogP contribution in [-0.2, 0) is 4.79 Å². The van der Waals surface area contributed by atoms with Crippen molar-refractivity contribution in [3.05, 3.63) is 0 Å². The number of amides is 1. The van der Waals surface area contributed by atoms with E-state index in [-0.39, 0.29) is 0 Å². The van der Waals surface area contributed by atoms with Crippen molar-refractivity contribution in [3.8, 4) is 0 Å². The van der Waals surface area contributed by atoms with Crippen LogP contribution < -0.4 is 0 Å². The lowest BCUT2D eigenvalue weighted by Gasteiger charge is -2.37. The Morgan fingerprint density at radius 3 is 2.36 bits per heavy atom. The Hall–Kier alpha value is -0.530. The molecule has 0 unspecified atom stereocenters. The maximum atomic E-state index is 10.4. The topological polar surface area (TPSA) is 20.3 Å². The van der Waals surface area contributed by atoms with E-state index in [0.29, 0.717) is 5.41 Å². The molecule has 64 valence electrons. The van der Waals surface area contributed by atoms with Crippen molar-refractivity contribution in [2.24, 2.45) is 5.41 Å². The number of carbonyl (C=O) groups excluding carboxylic acids is 1. The molecule has 0 radical (unpaired) electrons. The van der Waals surface area contributed by atoms with Crippen LogP contribution in [-0.4, -0.2) is 24.4 Å². The molecule has 0 aromatic carbocycles. The monoisotopic (exact) mass is 155 g/mol. The van der Waals surface area contributed by atoms with Gasteiger partial charge in [0, 0.05) is 13.1 Å². The maximum absolute atomic E-state index is 10.4. The highest BCUT2D eigenvalue weighted by atomic mass is 16.1. The van der Waals surface area contributed by atoms with Crippen molar-refractivity contribution < 1.29 is 4.79 Å². The standard InChI is InChI=1S/C9H17NO/c1-3-9(2)4-6-10(8-11)7-5-9/h8H,3-7H2,1-2H3. The average Bonchev–Trinajstić information content (AvgIpc) is 2.06. The molecule has 0 spiro atoms. The first-order valence-corrected chi connectivity index (χ1v) is 4.39. The van der Waals surface area contributed by atoms with Gasteiger partial charge in [0.25, 0.3) is 0 Å². The first kappa shape index (κ1) is 8.57. The number of rotatable bonds is 2. The second-order valence-corrected chi connectivity index (χ2v) is 3.81. The van der Waals surface area contributed by atoms with Gasteiger partial charge in [-0.25, -0.2) is 0 Å². The van der Waals surface area contributed by atoms with Crippen LogP contribution in [0.5, 0.6) is 0 Å². The molecule has 1 amide bonds. The number of nitrogens with zero attached hydrogens (tertiary/aromatic N) is 1. The van der Waals surface area contributed by atoms with Crippen LogP contribution in [0.4, 0.5) is 0 Å². The highest BCUT2D eigenvalue weighted by Crippen LogP contribution is 2.33. The summed E-state index contributed by atoms with van der Waals surface area (Å²) >= 11 is 0. The Morgan fingerprint density at radius 2 is 2.00 bits per heavy atom. The van der Waals surface area contributed by atoms with Gasteiger partial charge in [-0.15, -0.1) is 0 Å². The smallest absolute Gasteiger partial charge is 0.209 e. The lowest BCUT2D eigenvalue weighted by atomic mass is 9.78. The third-order valence-corrected chi connectivity index (χ3v) is 3.01. The minimum Gasteiger partial charge on any atom is -0.345 e. The van der Waals surface area contributed by atoms with Gasteiger partial charge in [-0.3, -0.25) is 4.79 Å². The van der Waals surface area contributed by atoms with Crippen molar-refractivity contribution in [1.29, 1.82) is 0 Å². The van der Waals surface area contributed by atoms with Crippen LogP contribution in [0.2, 0.25) is 0 Å². The molecule has 1 aliphatic heterocycles. The molecule has 0 atom stereocenters. The van der Waals surface area contributed by atoms with Crippen molar-refractivity contribution in [2.75, 3.05) is 13.1 Å². The van der Waals surface area contributed by atoms with Crippen LogP contribution in [0.15, 0.2) is 0 Å². The van der Waals surface area contributed by atoms with E-state index in [1.165, 1.54) is 19.3 Å². The van der Waals surface area contributed by atoms with Crippen molar-refractivity contribution in [2.45, 2.75) is 33.1 Å². The summed E-state index contributed by atoms with van der Waals surface area (Å²) in [5.41, 5.74) is 0.500. The summed E-state index contributed by atoms with van der Waals surface area (Å²) in [6, 6.07) is 0. The molecule has 11 heavy (non-hydrogen) atoms. The number of piperidine rings is 1. The minimum absolute atomic E-state index is 0.500. The SMILES string of the molecule is CCC1(C)CCN(C=O)CC1. The average molecular weight is 155 g/mol. The van der Waals surface area contributed by atoms with E-state index in [1.54, 1.807) is 0 Å². The molecule has 2 nitrogen and oxygen atoms in total. The molecule has 1 fully saturated rings. The summed E-state index contributed by atoms with van der Waals surface area (Å²) < 4.78 is 0. The van der Waals surface area contributed by atoms with Crippen LogP contribution in [0.1, 0.15) is 33.1 Å². The highest BCUT2D eigenvalue weighted by Gasteiger charge is 2.27. The Kier molecular flexibility index (Phi) is 2.53. The molecule has 0 aliphatic carbocycles. The maximum Gasteiger partial charge on any atom is 0.209 e. The fourth-order valence-corrected chi connectivity index (χ4v) is 1.52. The molecule has 0 aromatic heterocycles.